The number of hydrogen-bond acceptors (Lipinski definition) is 4. The fourth-order valence-electron chi connectivity index (χ4n) is 0.915. The van der Waals surface area contributed by atoms with Crippen LogP contribution in [0.15, 0.2) is 12.1 Å². The maximum absolute atomic E-state index is 5.69. The van der Waals surface area contributed by atoms with E-state index in [2.05, 4.69) is 4.98 Å². The van der Waals surface area contributed by atoms with E-state index >= 15 is 0 Å². The first kappa shape index (κ1) is 11.1. The largest absolute Gasteiger partial charge is 0.475 e. The summed E-state index contributed by atoms with van der Waals surface area (Å²) < 4.78 is 10.4. The van der Waals surface area contributed by atoms with Crippen molar-refractivity contribution in [1.29, 1.82) is 0 Å². The summed E-state index contributed by atoms with van der Waals surface area (Å²) in [5.41, 5.74) is 6.09. The van der Waals surface area contributed by atoms with E-state index < -0.39 is 0 Å². The molecule has 14 heavy (non-hydrogen) atoms. The highest BCUT2D eigenvalue weighted by atomic mass is 35.5. The van der Waals surface area contributed by atoms with Crippen molar-refractivity contribution in [1.82, 2.24) is 4.98 Å². The van der Waals surface area contributed by atoms with E-state index in [1.54, 1.807) is 12.1 Å². The number of rotatable bonds is 5. The number of anilines is 1. The summed E-state index contributed by atoms with van der Waals surface area (Å²) in [6.45, 7) is 3.58. The lowest BCUT2D eigenvalue weighted by Gasteiger charge is -2.05. The lowest BCUT2D eigenvalue weighted by Crippen LogP contribution is -2.07. The molecule has 0 aromatic carbocycles. The van der Waals surface area contributed by atoms with Gasteiger partial charge in [0.25, 0.3) is 0 Å². The van der Waals surface area contributed by atoms with Crippen LogP contribution in [0.1, 0.15) is 6.92 Å². The SMILES string of the molecule is CCOCCOc1cc(N)cc(Cl)n1. The zero-order chi connectivity index (χ0) is 10.4. The van der Waals surface area contributed by atoms with Crippen molar-refractivity contribution in [2.24, 2.45) is 0 Å². The van der Waals surface area contributed by atoms with Crippen molar-refractivity contribution in [2.45, 2.75) is 6.92 Å². The molecule has 0 fully saturated rings. The summed E-state index contributed by atoms with van der Waals surface area (Å²) in [7, 11) is 0. The number of ether oxygens (including phenoxy) is 2. The van der Waals surface area contributed by atoms with E-state index in [-0.39, 0.29) is 0 Å². The van der Waals surface area contributed by atoms with Gasteiger partial charge in [-0.15, -0.1) is 0 Å². The van der Waals surface area contributed by atoms with Crippen LogP contribution in [0.2, 0.25) is 5.15 Å². The summed E-state index contributed by atoms with van der Waals surface area (Å²) in [4.78, 5) is 3.94. The minimum Gasteiger partial charge on any atom is -0.475 e. The fourth-order valence-corrected chi connectivity index (χ4v) is 1.12. The zero-order valence-corrected chi connectivity index (χ0v) is 8.75. The number of nitrogens with two attached hydrogens (primary N) is 1. The van der Waals surface area contributed by atoms with Gasteiger partial charge in [-0.05, 0) is 13.0 Å². The lowest BCUT2D eigenvalue weighted by atomic mass is 10.4. The Morgan fingerprint density at radius 3 is 2.86 bits per heavy atom. The van der Waals surface area contributed by atoms with Gasteiger partial charge >= 0.3 is 0 Å². The third kappa shape index (κ3) is 3.81. The minimum absolute atomic E-state index is 0.330. The third-order valence-electron chi connectivity index (χ3n) is 1.47. The van der Waals surface area contributed by atoms with Crippen LogP contribution in [-0.4, -0.2) is 24.8 Å². The molecule has 0 amide bonds. The van der Waals surface area contributed by atoms with Crippen LogP contribution < -0.4 is 10.5 Å². The van der Waals surface area contributed by atoms with Gasteiger partial charge in [0, 0.05) is 18.4 Å². The molecule has 0 aliphatic carbocycles. The molecular weight excluding hydrogens is 204 g/mol. The second-order valence-corrected chi connectivity index (χ2v) is 2.99. The lowest BCUT2D eigenvalue weighted by molar-refractivity contribution is 0.108. The van der Waals surface area contributed by atoms with Crippen LogP contribution in [0, 0.1) is 0 Å². The summed E-state index contributed by atoms with van der Waals surface area (Å²) in [6.07, 6.45) is 0. The summed E-state index contributed by atoms with van der Waals surface area (Å²) in [5.74, 6) is 0.426. The predicted molar refractivity (Wildman–Crippen MR) is 55.6 cm³/mol. The molecule has 0 radical (unpaired) electrons. The standard InChI is InChI=1S/C9H13ClN2O2/c1-2-13-3-4-14-9-6-7(11)5-8(10)12-9/h5-6H,2-4H2,1H3,(H2,11,12). The van der Waals surface area contributed by atoms with Gasteiger partial charge in [0.1, 0.15) is 11.8 Å². The van der Waals surface area contributed by atoms with Crippen molar-refractivity contribution in [3.05, 3.63) is 17.3 Å². The Labute approximate surface area is 88.0 Å². The molecule has 1 aromatic rings. The molecule has 1 aromatic heterocycles. The second kappa shape index (κ2) is 5.67. The van der Waals surface area contributed by atoms with Crippen LogP contribution in [0.5, 0.6) is 5.88 Å². The fraction of sp³-hybridized carbons (Fsp3) is 0.444. The molecule has 0 spiro atoms. The van der Waals surface area contributed by atoms with Crippen molar-refractivity contribution in [2.75, 3.05) is 25.6 Å². The van der Waals surface area contributed by atoms with Crippen LogP contribution in [0.25, 0.3) is 0 Å². The normalized spacial score (nSPS) is 10.1. The molecule has 1 rings (SSSR count). The van der Waals surface area contributed by atoms with Gasteiger partial charge in [-0.2, -0.15) is 0 Å². The number of hydrogen-bond donors (Lipinski definition) is 1. The Kier molecular flexibility index (Phi) is 4.49. The predicted octanol–water partition coefficient (Wildman–Crippen LogP) is 1.73. The van der Waals surface area contributed by atoms with E-state index in [0.717, 1.165) is 0 Å². The minimum atomic E-state index is 0.330. The second-order valence-electron chi connectivity index (χ2n) is 2.61. The van der Waals surface area contributed by atoms with Gasteiger partial charge in [0.2, 0.25) is 5.88 Å². The maximum atomic E-state index is 5.69. The van der Waals surface area contributed by atoms with Gasteiger partial charge in [0.05, 0.1) is 6.61 Å². The van der Waals surface area contributed by atoms with Crippen LogP contribution >= 0.6 is 11.6 Å². The Balaban J connectivity index is 2.42. The molecule has 4 nitrogen and oxygen atoms in total. The highest BCUT2D eigenvalue weighted by Gasteiger charge is 1.99. The Bertz CT molecular complexity index is 274. The van der Waals surface area contributed by atoms with E-state index in [9.17, 15) is 0 Å². The van der Waals surface area contributed by atoms with Crippen LogP contribution in [-0.2, 0) is 4.74 Å². The molecule has 0 saturated carbocycles. The smallest absolute Gasteiger partial charge is 0.216 e. The van der Waals surface area contributed by atoms with Crippen LogP contribution in [0.4, 0.5) is 5.69 Å². The number of aromatic nitrogens is 1. The number of pyridine rings is 1. The molecule has 5 heteroatoms. The molecule has 0 atom stereocenters. The summed E-state index contributed by atoms with van der Waals surface area (Å²) >= 11 is 5.69. The number of halogens is 1. The quantitative estimate of drug-likeness (QED) is 0.602. The van der Waals surface area contributed by atoms with E-state index in [1.807, 2.05) is 6.92 Å². The monoisotopic (exact) mass is 216 g/mol. The van der Waals surface area contributed by atoms with Crippen LogP contribution in [0.3, 0.4) is 0 Å². The summed E-state index contributed by atoms with van der Waals surface area (Å²) in [5, 5.41) is 0.330. The first-order valence-electron chi connectivity index (χ1n) is 4.36. The molecule has 0 aliphatic heterocycles. The molecule has 78 valence electrons. The van der Waals surface area contributed by atoms with Gasteiger partial charge < -0.3 is 15.2 Å². The first-order valence-corrected chi connectivity index (χ1v) is 4.73. The van der Waals surface area contributed by atoms with E-state index in [4.69, 9.17) is 26.8 Å². The maximum Gasteiger partial charge on any atom is 0.216 e. The highest BCUT2D eigenvalue weighted by Crippen LogP contribution is 2.17. The van der Waals surface area contributed by atoms with Crippen molar-refractivity contribution < 1.29 is 9.47 Å². The van der Waals surface area contributed by atoms with E-state index in [1.165, 1.54) is 0 Å². The van der Waals surface area contributed by atoms with Gasteiger partial charge in [-0.3, -0.25) is 0 Å². The first-order chi connectivity index (χ1) is 6.72. The molecule has 0 saturated heterocycles. The topological polar surface area (TPSA) is 57.4 Å². The van der Waals surface area contributed by atoms with Crippen molar-refractivity contribution in [3.63, 3.8) is 0 Å². The Hall–Kier alpha value is -1.00. The molecule has 0 aliphatic rings. The third-order valence-corrected chi connectivity index (χ3v) is 1.67. The Morgan fingerprint density at radius 1 is 1.43 bits per heavy atom. The van der Waals surface area contributed by atoms with E-state index in [0.29, 0.717) is 36.5 Å². The summed E-state index contributed by atoms with van der Waals surface area (Å²) in [6, 6.07) is 3.19. The molecule has 0 bridgehead atoms. The number of nitrogen functional groups attached to an aromatic ring is 1. The zero-order valence-electron chi connectivity index (χ0n) is 8.00. The molecule has 0 unspecified atom stereocenters. The van der Waals surface area contributed by atoms with Gasteiger partial charge in [-0.25, -0.2) is 4.98 Å². The van der Waals surface area contributed by atoms with Gasteiger partial charge in [0.15, 0.2) is 0 Å². The van der Waals surface area contributed by atoms with Gasteiger partial charge in [-0.1, -0.05) is 11.6 Å². The number of nitrogens with zero attached hydrogens (tertiary/aromatic N) is 1. The highest BCUT2D eigenvalue weighted by molar-refractivity contribution is 6.29. The average Bonchev–Trinajstić information content (AvgIpc) is 2.11. The van der Waals surface area contributed by atoms with Crippen molar-refractivity contribution in [3.8, 4) is 5.88 Å². The molecular formula is C9H13ClN2O2. The molecule has 1 heterocycles. The molecule has 2 N–H and O–H groups in total. The average molecular weight is 217 g/mol. The Morgan fingerprint density at radius 2 is 2.21 bits per heavy atom. The van der Waals surface area contributed by atoms with Crippen molar-refractivity contribution >= 4 is 17.3 Å².